The van der Waals surface area contributed by atoms with Gasteiger partial charge in [-0.15, -0.1) is 0 Å². The molecule has 4 unspecified atom stereocenters. The summed E-state index contributed by atoms with van der Waals surface area (Å²) in [7, 11) is -4.41. The Kier molecular flexibility index (Phi) is 37.5. The van der Waals surface area contributed by atoms with E-state index in [0.29, 0.717) is 12.8 Å². The standard InChI is InChI=1S/C43H81N2O7P/c1-3-5-7-9-11-13-15-17-18-19-20-21-23-24-26-28-30-32-34-40(46)38-43(48)45-41(39-52-53(49,50)51-37-36-44)42(47)35-33-31-29-27-25-22-16-14-12-10-8-6-4-2/h12,14,20-21,25,27,33,35,40-42,46-47H,3-11,13,15-19,22-24,26,28-32,34,36-39,44H2,1-2H3,(H,45,48)(H,49,50)/b14-12+,21-20-,27-25+,35-33+. The third-order valence-corrected chi connectivity index (χ3v) is 10.1. The Morgan fingerprint density at radius 2 is 1.08 bits per heavy atom. The van der Waals surface area contributed by atoms with Gasteiger partial charge >= 0.3 is 7.82 Å². The molecule has 0 aliphatic carbocycles. The molecule has 0 fully saturated rings. The van der Waals surface area contributed by atoms with Crippen molar-refractivity contribution in [1.82, 2.24) is 5.32 Å². The Hall–Kier alpha value is -1.58. The molecule has 0 aliphatic heterocycles. The van der Waals surface area contributed by atoms with Gasteiger partial charge in [-0.05, 0) is 70.6 Å². The molecule has 0 rings (SSSR count). The zero-order valence-corrected chi connectivity index (χ0v) is 34.8. The van der Waals surface area contributed by atoms with Crippen LogP contribution in [0.2, 0.25) is 0 Å². The van der Waals surface area contributed by atoms with Crippen molar-refractivity contribution in [2.75, 3.05) is 19.8 Å². The number of aliphatic hydroxyl groups is 2. The predicted octanol–water partition coefficient (Wildman–Crippen LogP) is 10.7. The summed E-state index contributed by atoms with van der Waals surface area (Å²) in [6.07, 6.45) is 43.4. The second-order valence-electron chi connectivity index (χ2n) is 14.4. The minimum atomic E-state index is -4.41. The van der Waals surface area contributed by atoms with Gasteiger partial charge < -0.3 is 26.2 Å². The van der Waals surface area contributed by atoms with E-state index >= 15 is 0 Å². The Balaban J connectivity index is 4.37. The van der Waals surface area contributed by atoms with E-state index in [4.69, 9.17) is 14.8 Å². The number of hydrogen-bond donors (Lipinski definition) is 5. The fraction of sp³-hybridized carbons (Fsp3) is 0.791. The zero-order chi connectivity index (χ0) is 39.1. The predicted molar refractivity (Wildman–Crippen MR) is 223 cm³/mol. The highest BCUT2D eigenvalue weighted by molar-refractivity contribution is 7.47. The summed E-state index contributed by atoms with van der Waals surface area (Å²) in [6.45, 7) is 3.89. The summed E-state index contributed by atoms with van der Waals surface area (Å²) in [6, 6.07) is -1.01. The molecule has 0 aromatic carbocycles. The topological polar surface area (TPSA) is 151 Å². The molecule has 0 aliphatic rings. The third kappa shape index (κ3) is 37.1. The maximum atomic E-state index is 12.8. The molecule has 4 atom stereocenters. The minimum absolute atomic E-state index is 0.0400. The number of aliphatic hydroxyl groups excluding tert-OH is 2. The van der Waals surface area contributed by atoms with Crippen molar-refractivity contribution in [3.63, 3.8) is 0 Å². The molecule has 0 aromatic heterocycles. The second-order valence-corrected chi connectivity index (χ2v) is 15.8. The van der Waals surface area contributed by atoms with Gasteiger partial charge in [0.15, 0.2) is 0 Å². The molecule has 0 aromatic rings. The van der Waals surface area contributed by atoms with E-state index in [1.165, 1.54) is 89.9 Å². The Labute approximate surface area is 325 Å². The van der Waals surface area contributed by atoms with Crippen LogP contribution >= 0.6 is 7.82 Å². The van der Waals surface area contributed by atoms with Crippen molar-refractivity contribution in [3.8, 4) is 0 Å². The lowest BCUT2D eigenvalue weighted by Gasteiger charge is -2.24. The molecular formula is C43H81N2O7P. The van der Waals surface area contributed by atoms with Crippen LogP contribution in [0, 0.1) is 0 Å². The van der Waals surface area contributed by atoms with Crippen molar-refractivity contribution in [2.45, 2.75) is 199 Å². The summed E-state index contributed by atoms with van der Waals surface area (Å²) in [5.41, 5.74) is 5.35. The van der Waals surface area contributed by atoms with Gasteiger partial charge in [0.25, 0.3) is 0 Å². The molecule has 0 bridgehead atoms. The van der Waals surface area contributed by atoms with E-state index in [9.17, 15) is 24.5 Å². The van der Waals surface area contributed by atoms with E-state index < -0.39 is 38.6 Å². The second kappa shape index (κ2) is 38.7. The van der Waals surface area contributed by atoms with Gasteiger partial charge in [-0.3, -0.25) is 13.8 Å². The van der Waals surface area contributed by atoms with E-state index in [2.05, 4.69) is 55.6 Å². The smallest absolute Gasteiger partial charge is 0.393 e. The van der Waals surface area contributed by atoms with Crippen molar-refractivity contribution in [3.05, 3.63) is 48.6 Å². The maximum absolute atomic E-state index is 12.8. The van der Waals surface area contributed by atoms with Crippen LogP contribution < -0.4 is 11.1 Å². The van der Waals surface area contributed by atoms with Crippen LogP contribution in [0.5, 0.6) is 0 Å². The molecule has 0 spiro atoms. The number of carbonyl (C=O) groups is 1. The van der Waals surface area contributed by atoms with Gasteiger partial charge in [0.05, 0.1) is 37.9 Å². The Bertz CT molecular complexity index is 988. The number of amides is 1. The SMILES string of the molecule is CCCCC/C=C/CC/C=C/CC/C=C/C(O)C(COP(=O)(O)OCCN)NC(=O)CC(O)CCCCCCC/C=C\CCCCCCCCCCC. The number of nitrogens with two attached hydrogens (primary N) is 1. The van der Waals surface area contributed by atoms with Gasteiger partial charge in [-0.1, -0.05) is 152 Å². The largest absolute Gasteiger partial charge is 0.472 e. The normalized spacial score (nSPS) is 15.2. The molecule has 6 N–H and O–H groups in total. The molecule has 0 saturated heterocycles. The number of nitrogens with one attached hydrogen (secondary N) is 1. The molecule has 0 radical (unpaired) electrons. The van der Waals surface area contributed by atoms with Crippen LogP contribution in [-0.4, -0.2) is 59.0 Å². The summed E-state index contributed by atoms with van der Waals surface area (Å²) in [4.78, 5) is 22.7. The highest BCUT2D eigenvalue weighted by Crippen LogP contribution is 2.43. The molecule has 9 nitrogen and oxygen atoms in total. The first kappa shape index (κ1) is 51.4. The lowest BCUT2D eigenvalue weighted by Crippen LogP contribution is -2.46. The molecule has 53 heavy (non-hydrogen) atoms. The Morgan fingerprint density at radius 3 is 1.60 bits per heavy atom. The summed E-state index contributed by atoms with van der Waals surface area (Å²) in [5, 5.41) is 24.0. The van der Waals surface area contributed by atoms with Crippen LogP contribution in [0.25, 0.3) is 0 Å². The van der Waals surface area contributed by atoms with Gasteiger partial charge in [-0.25, -0.2) is 4.57 Å². The highest BCUT2D eigenvalue weighted by Gasteiger charge is 2.27. The van der Waals surface area contributed by atoms with Gasteiger partial charge in [0.2, 0.25) is 5.91 Å². The van der Waals surface area contributed by atoms with Crippen LogP contribution in [0.15, 0.2) is 48.6 Å². The Morgan fingerprint density at radius 1 is 0.642 bits per heavy atom. The lowest BCUT2D eigenvalue weighted by molar-refractivity contribution is -0.124. The fourth-order valence-electron chi connectivity index (χ4n) is 5.91. The average Bonchev–Trinajstić information content (AvgIpc) is 3.13. The summed E-state index contributed by atoms with van der Waals surface area (Å²) in [5.74, 6) is -0.467. The van der Waals surface area contributed by atoms with Gasteiger partial charge in [0.1, 0.15) is 0 Å². The minimum Gasteiger partial charge on any atom is -0.393 e. The van der Waals surface area contributed by atoms with E-state index in [0.717, 1.165) is 57.8 Å². The number of phosphoric acid groups is 1. The maximum Gasteiger partial charge on any atom is 0.472 e. The van der Waals surface area contributed by atoms with E-state index in [1.54, 1.807) is 6.08 Å². The molecule has 1 amide bonds. The quantitative estimate of drug-likeness (QED) is 0.0235. The number of carbonyl (C=O) groups excluding carboxylic acids is 1. The fourth-order valence-corrected chi connectivity index (χ4v) is 6.67. The van der Waals surface area contributed by atoms with Gasteiger partial charge in [0, 0.05) is 6.54 Å². The highest BCUT2D eigenvalue weighted by atomic mass is 31.2. The van der Waals surface area contributed by atoms with E-state index in [-0.39, 0.29) is 19.6 Å². The number of rotatable bonds is 39. The van der Waals surface area contributed by atoms with Crippen molar-refractivity contribution < 1.29 is 33.5 Å². The van der Waals surface area contributed by atoms with E-state index in [1.807, 2.05) is 6.08 Å². The monoisotopic (exact) mass is 769 g/mol. The first-order valence-corrected chi connectivity index (χ1v) is 22.8. The average molecular weight is 769 g/mol. The van der Waals surface area contributed by atoms with Crippen molar-refractivity contribution in [2.24, 2.45) is 5.73 Å². The third-order valence-electron chi connectivity index (χ3n) is 9.16. The zero-order valence-electron chi connectivity index (χ0n) is 33.9. The van der Waals surface area contributed by atoms with Crippen molar-refractivity contribution >= 4 is 13.7 Å². The number of unbranched alkanes of at least 4 members (excludes halogenated alkanes) is 19. The molecule has 0 saturated carbocycles. The van der Waals surface area contributed by atoms with Gasteiger partial charge in [-0.2, -0.15) is 0 Å². The number of allylic oxidation sites excluding steroid dienone is 7. The summed E-state index contributed by atoms with van der Waals surface area (Å²) < 4.78 is 22.0. The summed E-state index contributed by atoms with van der Waals surface area (Å²) >= 11 is 0. The number of hydrogen-bond acceptors (Lipinski definition) is 7. The van der Waals surface area contributed by atoms with Crippen LogP contribution in [-0.2, 0) is 18.4 Å². The molecule has 310 valence electrons. The van der Waals surface area contributed by atoms with Crippen LogP contribution in [0.3, 0.4) is 0 Å². The first-order chi connectivity index (χ1) is 25.8. The number of phosphoric ester groups is 1. The van der Waals surface area contributed by atoms with Crippen molar-refractivity contribution in [1.29, 1.82) is 0 Å². The molecule has 0 heterocycles. The lowest BCUT2D eigenvalue weighted by atomic mass is 10.0. The molecule has 10 heteroatoms. The first-order valence-electron chi connectivity index (χ1n) is 21.3. The van der Waals surface area contributed by atoms with Crippen LogP contribution in [0.4, 0.5) is 0 Å². The molecular weight excluding hydrogens is 687 g/mol. The van der Waals surface area contributed by atoms with Crippen LogP contribution in [0.1, 0.15) is 181 Å².